The normalized spacial score (nSPS) is 7.92. The van der Waals surface area contributed by atoms with Gasteiger partial charge < -0.3 is 10.2 Å². The summed E-state index contributed by atoms with van der Waals surface area (Å²) in [7, 11) is 0. The summed E-state index contributed by atoms with van der Waals surface area (Å²) in [6.45, 7) is 0. The molecule has 0 heterocycles. The molecule has 0 aliphatic carbocycles. The molecule has 0 radical (unpaired) electrons. The molecular weight excluding hydrogens is 179 g/mol. The van der Waals surface area contributed by atoms with E-state index < -0.39 is 11.9 Å². The van der Waals surface area contributed by atoms with Gasteiger partial charge in [0.05, 0.1) is 0 Å². The second-order valence-corrected chi connectivity index (χ2v) is 1.99. The first kappa shape index (κ1) is 13.8. The number of rotatable bonds is 5. The molecule has 0 unspecified atom stereocenters. The predicted octanol–water partition coefficient (Wildman–Crippen LogP) is -0.0513. The fourth-order valence-electron chi connectivity index (χ4n) is 0.552. The topological polar surface area (TPSA) is 91.7 Å². The average molecular weight is 190 g/mol. The number of aliphatic carboxylic acids is 2. The molecule has 5 nitrogen and oxygen atoms in total. The van der Waals surface area contributed by atoms with Crippen LogP contribution in [-0.4, -0.2) is 38.4 Å². The van der Waals surface area contributed by atoms with Gasteiger partial charge in [-0.1, -0.05) is 0 Å². The van der Waals surface area contributed by atoms with Crippen LogP contribution in [-0.2, 0) is 13.4 Å². The van der Waals surface area contributed by atoms with Crippen molar-refractivity contribution in [1.29, 1.82) is 0 Å². The van der Waals surface area contributed by atoms with Gasteiger partial charge in [-0.15, -0.1) is 0 Å². The third-order valence-electron chi connectivity index (χ3n) is 1.03. The summed E-state index contributed by atoms with van der Waals surface area (Å²) in [5.41, 5.74) is 0. The third kappa shape index (κ3) is 16.1. The van der Waals surface area contributed by atoms with Crippen molar-refractivity contribution in [2.75, 3.05) is 0 Å². The zero-order valence-electron chi connectivity index (χ0n) is 6.65. The number of unbranched alkanes of at least 4 members (excludes halogenated alkanes) is 1. The summed E-state index contributed by atoms with van der Waals surface area (Å²) in [6.07, 6.45) is 1.02. The standard InChI is InChI=1S/C6H10O4.Al.O.H/c7-5(8)3-1-2-4-6(9)10;;;/h1-4H2,(H,7,8)(H,9,10);;;. The molecule has 0 aromatic rings. The SMILES string of the molecule is O=C(O)CCCCC(=O)O.[O]=[AlH]. The summed E-state index contributed by atoms with van der Waals surface area (Å²) < 4.78 is 8.28. The summed E-state index contributed by atoms with van der Waals surface area (Å²) in [5, 5.41) is 16.3. The van der Waals surface area contributed by atoms with Gasteiger partial charge in [0.1, 0.15) is 0 Å². The Bertz CT molecular complexity index is 131. The summed E-state index contributed by atoms with van der Waals surface area (Å²) in [4.78, 5) is 19.8. The summed E-state index contributed by atoms with van der Waals surface area (Å²) in [5.74, 6) is -1.74. The quantitative estimate of drug-likeness (QED) is 0.468. The van der Waals surface area contributed by atoms with Crippen LogP contribution in [0.5, 0.6) is 0 Å². The van der Waals surface area contributed by atoms with Crippen LogP contribution >= 0.6 is 0 Å². The third-order valence-corrected chi connectivity index (χ3v) is 1.03. The molecule has 0 spiro atoms. The van der Waals surface area contributed by atoms with Gasteiger partial charge in [-0.3, -0.25) is 9.59 Å². The van der Waals surface area contributed by atoms with Crippen molar-refractivity contribution < 1.29 is 23.6 Å². The second kappa shape index (κ2) is 10.3. The van der Waals surface area contributed by atoms with Crippen LogP contribution in [0.2, 0.25) is 0 Å². The van der Waals surface area contributed by atoms with E-state index in [-0.39, 0.29) is 12.8 Å². The maximum atomic E-state index is 9.90. The van der Waals surface area contributed by atoms with Crippen molar-refractivity contribution in [2.45, 2.75) is 25.7 Å². The van der Waals surface area contributed by atoms with Crippen molar-refractivity contribution in [3.8, 4) is 0 Å². The van der Waals surface area contributed by atoms with Gasteiger partial charge in [0.15, 0.2) is 0 Å². The Morgan fingerprint density at radius 1 is 0.917 bits per heavy atom. The van der Waals surface area contributed by atoms with E-state index >= 15 is 0 Å². The number of carboxylic acid groups (broad SMARTS) is 2. The molecule has 0 rings (SSSR count). The van der Waals surface area contributed by atoms with Gasteiger partial charge in [0, 0.05) is 12.8 Å². The molecule has 6 heteroatoms. The van der Waals surface area contributed by atoms with E-state index in [4.69, 9.17) is 14.0 Å². The second-order valence-electron chi connectivity index (χ2n) is 1.99. The number of hydrogen-bond acceptors (Lipinski definition) is 3. The van der Waals surface area contributed by atoms with Gasteiger partial charge >= 0.3 is 32.0 Å². The van der Waals surface area contributed by atoms with Gasteiger partial charge in [-0.25, -0.2) is 0 Å². The average Bonchev–Trinajstić information content (AvgIpc) is 2.02. The number of hydrogen-bond donors (Lipinski definition) is 2. The Hall–Kier alpha value is -0.728. The first-order chi connectivity index (χ1) is 5.63. The van der Waals surface area contributed by atoms with Crippen LogP contribution in [0.3, 0.4) is 0 Å². The van der Waals surface area contributed by atoms with E-state index in [9.17, 15) is 9.59 Å². The molecule has 0 aliphatic rings. The van der Waals surface area contributed by atoms with E-state index in [0.717, 1.165) is 0 Å². The zero-order chi connectivity index (χ0) is 9.98. The summed E-state index contributed by atoms with van der Waals surface area (Å²) in [6, 6.07) is 0. The van der Waals surface area contributed by atoms with Crippen LogP contribution in [0.15, 0.2) is 0 Å². The van der Waals surface area contributed by atoms with E-state index in [1.807, 2.05) is 0 Å². The fraction of sp³-hybridized carbons (Fsp3) is 0.667. The molecule has 0 aliphatic heterocycles. The summed E-state index contributed by atoms with van der Waals surface area (Å²) >= 11 is 0.611. The van der Waals surface area contributed by atoms with Crippen LogP contribution < -0.4 is 0 Å². The van der Waals surface area contributed by atoms with Crippen molar-refractivity contribution in [1.82, 2.24) is 0 Å². The van der Waals surface area contributed by atoms with Gasteiger partial charge in [-0.05, 0) is 12.8 Å². The van der Waals surface area contributed by atoms with Crippen molar-refractivity contribution >= 4 is 28.2 Å². The van der Waals surface area contributed by atoms with E-state index in [1.165, 1.54) is 0 Å². The molecule has 0 amide bonds. The Morgan fingerprint density at radius 3 is 1.33 bits per heavy atom. The monoisotopic (exact) mass is 190 g/mol. The molecule has 68 valence electrons. The molecule has 0 aromatic carbocycles. The van der Waals surface area contributed by atoms with E-state index in [1.54, 1.807) is 0 Å². The van der Waals surface area contributed by atoms with E-state index in [0.29, 0.717) is 29.1 Å². The Labute approximate surface area is 78.0 Å². The van der Waals surface area contributed by atoms with E-state index in [2.05, 4.69) is 0 Å². The van der Waals surface area contributed by atoms with Crippen LogP contribution in [0.4, 0.5) is 0 Å². The van der Waals surface area contributed by atoms with Crippen LogP contribution in [0.1, 0.15) is 25.7 Å². The van der Waals surface area contributed by atoms with Crippen molar-refractivity contribution in [3.63, 3.8) is 0 Å². The van der Waals surface area contributed by atoms with Gasteiger partial charge in [0.25, 0.3) is 0 Å². The maximum absolute atomic E-state index is 9.90. The molecular formula is C6H11AlO5. The molecule has 0 saturated heterocycles. The molecule has 0 saturated carbocycles. The van der Waals surface area contributed by atoms with Crippen molar-refractivity contribution in [3.05, 3.63) is 0 Å². The molecule has 0 fully saturated rings. The first-order valence-electron chi connectivity index (χ1n) is 3.35. The Kier molecular flexibility index (Phi) is 11.8. The number of carbonyl (C=O) groups is 2. The minimum atomic E-state index is -0.870. The van der Waals surface area contributed by atoms with Crippen LogP contribution in [0, 0.1) is 0 Å². The molecule has 0 aromatic heterocycles. The predicted molar refractivity (Wildman–Crippen MR) is 41.6 cm³/mol. The molecule has 0 bridgehead atoms. The van der Waals surface area contributed by atoms with Gasteiger partial charge in [0.2, 0.25) is 0 Å². The fourth-order valence-corrected chi connectivity index (χ4v) is 0.552. The molecule has 0 atom stereocenters. The minimum absolute atomic E-state index is 0.0628. The molecule has 12 heavy (non-hydrogen) atoms. The Morgan fingerprint density at radius 2 is 1.17 bits per heavy atom. The number of carboxylic acids is 2. The van der Waals surface area contributed by atoms with Crippen molar-refractivity contribution in [2.24, 2.45) is 0 Å². The zero-order valence-corrected chi connectivity index (χ0v) is 8.07. The molecule has 2 N–H and O–H groups in total. The van der Waals surface area contributed by atoms with Gasteiger partial charge in [-0.2, -0.15) is 0 Å². The van der Waals surface area contributed by atoms with Crippen LogP contribution in [0.25, 0.3) is 0 Å². The first-order valence-corrected chi connectivity index (χ1v) is 3.93. The Balaban J connectivity index is 0.